The maximum atomic E-state index is 11.0. The maximum Gasteiger partial charge on any atom is 0.283 e. The zero-order valence-electron chi connectivity index (χ0n) is 12.9. The SMILES string of the molecule is C=C(Oc1ccc(C23CC4CC(CC(C4)C2)C3)cc1)C(N)=O. The summed E-state index contributed by atoms with van der Waals surface area (Å²) >= 11 is 0. The lowest BCUT2D eigenvalue weighted by Crippen LogP contribution is -2.48. The third-order valence-corrected chi connectivity index (χ3v) is 6.02. The second kappa shape index (κ2) is 4.87. The van der Waals surface area contributed by atoms with Crippen LogP contribution < -0.4 is 10.5 Å². The first-order valence-electron chi connectivity index (χ1n) is 8.31. The Balaban J connectivity index is 1.56. The summed E-state index contributed by atoms with van der Waals surface area (Å²) in [6, 6.07) is 8.25. The Morgan fingerprint density at radius 1 is 1.05 bits per heavy atom. The molecule has 22 heavy (non-hydrogen) atoms. The molecule has 1 amide bonds. The highest BCUT2D eigenvalue weighted by Gasteiger charge is 2.51. The summed E-state index contributed by atoms with van der Waals surface area (Å²) < 4.78 is 5.38. The van der Waals surface area contributed by atoms with E-state index in [0.29, 0.717) is 11.2 Å². The van der Waals surface area contributed by atoms with Crippen LogP contribution in [0, 0.1) is 17.8 Å². The van der Waals surface area contributed by atoms with Crippen LogP contribution in [0.15, 0.2) is 36.6 Å². The van der Waals surface area contributed by atoms with Crippen molar-refractivity contribution in [3.05, 3.63) is 42.2 Å². The number of carbonyl (C=O) groups is 1. The van der Waals surface area contributed by atoms with Crippen molar-refractivity contribution in [2.24, 2.45) is 23.5 Å². The molecule has 4 aliphatic carbocycles. The van der Waals surface area contributed by atoms with E-state index in [9.17, 15) is 4.79 Å². The molecule has 0 atom stereocenters. The minimum absolute atomic E-state index is 0.0115. The number of carbonyl (C=O) groups excluding carboxylic acids is 1. The van der Waals surface area contributed by atoms with E-state index in [0.717, 1.165) is 17.8 Å². The van der Waals surface area contributed by atoms with Crippen molar-refractivity contribution in [3.63, 3.8) is 0 Å². The summed E-state index contributed by atoms with van der Waals surface area (Å²) in [5, 5.41) is 0. The summed E-state index contributed by atoms with van der Waals surface area (Å²) in [6.45, 7) is 3.53. The number of hydrogen-bond acceptors (Lipinski definition) is 2. The van der Waals surface area contributed by atoms with Crippen LogP contribution in [0.1, 0.15) is 44.1 Å². The Bertz CT molecular complexity index is 582. The molecule has 5 rings (SSSR count). The molecule has 1 aromatic rings. The van der Waals surface area contributed by atoms with E-state index < -0.39 is 5.91 Å². The minimum atomic E-state index is -0.620. The number of primary amides is 1. The molecule has 116 valence electrons. The molecule has 0 aliphatic heterocycles. The van der Waals surface area contributed by atoms with E-state index in [1.54, 1.807) is 0 Å². The molecular formula is C19H23NO2. The molecule has 0 spiro atoms. The van der Waals surface area contributed by atoms with Crippen molar-refractivity contribution in [1.29, 1.82) is 0 Å². The summed E-state index contributed by atoms with van der Waals surface area (Å²) in [7, 11) is 0. The molecule has 2 N–H and O–H groups in total. The molecule has 1 aromatic carbocycles. The van der Waals surface area contributed by atoms with Gasteiger partial charge >= 0.3 is 0 Å². The number of hydrogen-bond donors (Lipinski definition) is 1. The topological polar surface area (TPSA) is 52.3 Å². The predicted octanol–water partition coefficient (Wildman–Crippen LogP) is 3.53. The van der Waals surface area contributed by atoms with Gasteiger partial charge < -0.3 is 10.5 Å². The lowest BCUT2D eigenvalue weighted by atomic mass is 9.48. The van der Waals surface area contributed by atoms with Gasteiger partial charge in [0.1, 0.15) is 5.75 Å². The molecule has 4 aliphatic rings. The third-order valence-electron chi connectivity index (χ3n) is 6.02. The van der Waals surface area contributed by atoms with Crippen molar-refractivity contribution in [1.82, 2.24) is 0 Å². The van der Waals surface area contributed by atoms with Gasteiger partial charge in [0.05, 0.1) is 0 Å². The first-order valence-corrected chi connectivity index (χ1v) is 8.31. The number of nitrogens with two attached hydrogens (primary N) is 1. The molecule has 3 nitrogen and oxygen atoms in total. The highest BCUT2D eigenvalue weighted by atomic mass is 16.5. The van der Waals surface area contributed by atoms with E-state index in [1.165, 1.54) is 44.1 Å². The molecule has 0 radical (unpaired) electrons. The average molecular weight is 297 g/mol. The largest absolute Gasteiger partial charge is 0.452 e. The lowest BCUT2D eigenvalue weighted by Gasteiger charge is -2.57. The zero-order chi connectivity index (χ0) is 15.3. The summed E-state index contributed by atoms with van der Waals surface area (Å²) in [4.78, 5) is 11.0. The molecular weight excluding hydrogens is 274 g/mol. The number of ether oxygens (including phenoxy) is 1. The van der Waals surface area contributed by atoms with Crippen LogP contribution in [0.3, 0.4) is 0 Å². The van der Waals surface area contributed by atoms with Gasteiger partial charge in [0.15, 0.2) is 5.76 Å². The van der Waals surface area contributed by atoms with Crippen molar-refractivity contribution in [3.8, 4) is 5.75 Å². The quantitative estimate of drug-likeness (QED) is 0.682. The second-order valence-electron chi connectivity index (χ2n) is 7.61. The van der Waals surface area contributed by atoms with Crippen molar-refractivity contribution >= 4 is 5.91 Å². The molecule has 4 fully saturated rings. The van der Waals surface area contributed by atoms with E-state index >= 15 is 0 Å². The van der Waals surface area contributed by atoms with Crippen LogP contribution in [0.4, 0.5) is 0 Å². The predicted molar refractivity (Wildman–Crippen MR) is 85.3 cm³/mol. The second-order valence-corrected chi connectivity index (χ2v) is 7.61. The van der Waals surface area contributed by atoms with Crippen LogP contribution in [0.5, 0.6) is 5.75 Å². The Morgan fingerprint density at radius 3 is 2.00 bits per heavy atom. The highest BCUT2D eigenvalue weighted by molar-refractivity contribution is 5.89. The van der Waals surface area contributed by atoms with E-state index in [4.69, 9.17) is 10.5 Å². The smallest absolute Gasteiger partial charge is 0.283 e. The summed E-state index contributed by atoms with van der Waals surface area (Å²) in [5.41, 5.74) is 7.00. The van der Waals surface area contributed by atoms with Crippen molar-refractivity contribution in [2.75, 3.05) is 0 Å². The standard InChI is InChI=1S/C19H23NO2/c1-12(18(20)21)22-17-4-2-16(3-5-17)19-9-13-6-14(10-19)8-15(7-13)11-19/h2-5,13-15H,1,6-11H2,(H2,20,21). The molecule has 4 saturated carbocycles. The Hall–Kier alpha value is -1.77. The molecule has 3 heteroatoms. The number of amides is 1. The van der Waals surface area contributed by atoms with Gasteiger partial charge in [-0.15, -0.1) is 0 Å². The Labute approximate surface area is 131 Å². The van der Waals surface area contributed by atoms with Gasteiger partial charge in [0.2, 0.25) is 0 Å². The van der Waals surface area contributed by atoms with Gasteiger partial charge in [-0.2, -0.15) is 0 Å². The van der Waals surface area contributed by atoms with E-state index in [-0.39, 0.29) is 5.76 Å². The number of benzene rings is 1. The van der Waals surface area contributed by atoms with Crippen LogP contribution >= 0.6 is 0 Å². The number of rotatable bonds is 4. The Kier molecular flexibility index (Phi) is 3.07. The van der Waals surface area contributed by atoms with Crippen LogP contribution in [-0.4, -0.2) is 5.91 Å². The van der Waals surface area contributed by atoms with Gasteiger partial charge in [0, 0.05) is 0 Å². The van der Waals surface area contributed by atoms with Crippen molar-refractivity contribution in [2.45, 2.75) is 43.9 Å². The van der Waals surface area contributed by atoms with Gasteiger partial charge in [0.25, 0.3) is 5.91 Å². The maximum absolute atomic E-state index is 11.0. The summed E-state index contributed by atoms with van der Waals surface area (Å²) in [6.07, 6.45) is 8.43. The van der Waals surface area contributed by atoms with Gasteiger partial charge in [-0.3, -0.25) is 4.79 Å². The fourth-order valence-corrected chi connectivity index (χ4v) is 5.53. The van der Waals surface area contributed by atoms with Crippen LogP contribution in [0.25, 0.3) is 0 Å². The molecule has 0 unspecified atom stereocenters. The zero-order valence-corrected chi connectivity index (χ0v) is 12.9. The first kappa shape index (κ1) is 13.9. The molecule has 0 aromatic heterocycles. The van der Waals surface area contributed by atoms with Gasteiger partial charge in [-0.1, -0.05) is 18.7 Å². The lowest BCUT2D eigenvalue weighted by molar-refractivity contribution is -0.116. The van der Waals surface area contributed by atoms with E-state index in [1.807, 2.05) is 12.1 Å². The monoisotopic (exact) mass is 297 g/mol. The molecule has 0 saturated heterocycles. The van der Waals surface area contributed by atoms with E-state index in [2.05, 4.69) is 18.7 Å². The van der Waals surface area contributed by atoms with Gasteiger partial charge in [-0.05, 0) is 79.4 Å². The van der Waals surface area contributed by atoms with Crippen LogP contribution in [-0.2, 0) is 10.2 Å². The van der Waals surface area contributed by atoms with Crippen LogP contribution in [0.2, 0.25) is 0 Å². The van der Waals surface area contributed by atoms with Crippen molar-refractivity contribution < 1.29 is 9.53 Å². The van der Waals surface area contributed by atoms with Gasteiger partial charge in [-0.25, -0.2) is 0 Å². The highest BCUT2D eigenvalue weighted by Crippen LogP contribution is 2.60. The molecule has 0 heterocycles. The fourth-order valence-electron chi connectivity index (χ4n) is 5.53. The third kappa shape index (κ3) is 2.23. The molecule has 4 bridgehead atoms. The fraction of sp³-hybridized carbons (Fsp3) is 0.526. The average Bonchev–Trinajstić information content (AvgIpc) is 2.46. The Morgan fingerprint density at radius 2 is 1.55 bits per heavy atom. The summed E-state index contributed by atoms with van der Waals surface area (Å²) in [5.74, 6) is 2.83. The first-order chi connectivity index (χ1) is 10.5. The minimum Gasteiger partial charge on any atom is -0.452 e. The normalized spacial score (nSPS) is 35.4.